The molecule has 166 valence electrons. The third-order valence-corrected chi connectivity index (χ3v) is 4.48. The fraction of sp³-hybridized carbons (Fsp3) is 0.632. The molecule has 2 aliphatic rings. The van der Waals surface area contributed by atoms with Crippen LogP contribution in [-0.2, 0) is 47.7 Å². The van der Waals surface area contributed by atoms with Gasteiger partial charge >= 0.3 is 23.9 Å². The first-order valence-electron chi connectivity index (χ1n) is 9.27. The number of carbonyl (C=O) groups is 5. The first-order chi connectivity index (χ1) is 14.0. The first-order valence-corrected chi connectivity index (χ1v) is 9.27. The van der Waals surface area contributed by atoms with Crippen LogP contribution >= 0.6 is 0 Å². The summed E-state index contributed by atoms with van der Waals surface area (Å²) in [4.78, 5) is 58.8. The zero-order valence-corrected chi connectivity index (χ0v) is 17.0. The molecule has 5 atom stereocenters. The highest BCUT2D eigenvalue weighted by Crippen LogP contribution is 2.36. The SMILES string of the molecule is CC(=O)OC[C@H]1O[C@@H](C2=C(O)CCC2=O)[C@H](OC(C)=O)[C@@H](OC(C)=O)[C@@H]1OC(C)=O. The molecule has 0 aromatic rings. The van der Waals surface area contributed by atoms with E-state index in [1.165, 1.54) is 0 Å². The van der Waals surface area contributed by atoms with Crippen LogP contribution in [0.3, 0.4) is 0 Å². The number of allylic oxidation sites excluding steroid dienone is 1. The van der Waals surface area contributed by atoms with Gasteiger partial charge in [-0.05, 0) is 0 Å². The third kappa shape index (κ3) is 5.56. The predicted molar refractivity (Wildman–Crippen MR) is 95.9 cm³/mol. The van der Waals surface area contributed by atoms with Gasteiger partial charge in [-0.15, -0.1) is 0 Å². The molecule has 0 aromatic carbocycles. The van der Waals surface area contributed by atoms with E-state index in [0.717, 1.165) is 27.7 Å². The van der Waals surface area contributed by atoms with E-state index in [-0.39, 0.29) is 24.2 Å². The number of ketones is 1. The Morgan fingerprint density at radius 1 is 0.867 bits per heavy atom. The van der Waals surface area contributed by atoms with Crippen molar-refractivity contribution < 1.29 is 52.8 Å². The molecule has 0 spiro atoms. The normalized spacial score (nSPS) is 28.7. The average Bonchev–Trinajstić information content (AvgIpc) is 2.94. The quantitative estimate of drug-likeness (QED) is 0.459. The van der Waals surface area contributed by atoms with Crippen LogP contribution in [-0.4, -0.2) is 71.9 Å². The van der Waals surface area contributed by atoms with Crippen LogP contribution in [0.25, 0.3) is 0 Å². The fourth-order valence-electron chi connectivity index (χ4n) is 3.45. The summed E-state index contributed by atoms with van der Waals surface area (Å²) >= 11 is 0. The largest absolute Gasteiger partial charge is 0.512 e. The Bertz CT molecular complexity index is 768. The number of hydrogen-bond acceptors (Lipinski definition) is 11. The van der Waals surface area contributed by atoms with Gasteiger partial charge < -0.3 is 28.8 Å². The molecule has 11 heteroatoms. The van der Waals surface area contributed by atoms with Gasteiger partial charge in [0, 0.05) is 40.5 Å². The minimum atomic E-state index is -1.40. The molecule has 0 radical (unpaired) electrons. The Balaban J connectivity index is 2.54. The Kier molecular flexibility index (Phi) is 7.54. The van der Waals surface area contributed by atoms with E-state index < -0.39 is 66.8 Å². The van der Waals surface area contributed by atoms with E-state index in [1.54, 1.807) is 0 Å². The molecule has 0 bridgehead atoms. The van der Waals surface area contributed by atoms with Gasteiger partial charge in [-0.2, -0.15) is 0 Å². The van der Waals surface area contributed by atoms with Gasteiger partial charge in [0.25, 0.3) is 0 Å². The first kappa shape index (κ1) is 23.3. The van der Waals surface area contributed by atoms with Crippen molar-refractivity contribution in [1.82, 2.24) is 0 Å². The second-order valence-electron chi connectivity index (χ2n) is 6.90. The summed E-state index contributed by atoms with van der Waals surface area (Å²) in [6.07, 6.45) is -6.51. The van der Waals surface area contributed by atoms with E-state index in [1.807, 2.05) is 0 Å². The minimum absolute atomic E-state index is 0.0219. The topological polar surface area (TPSA) is 152 Å². The number of ether oxygens (including phenoxy) is 5. The highest BCUT2D eigenvalue weighted by atomic mass is 16.7. The van der Waals surface area contributed by atoms with Crippen molar-refractivity contribution in [2.75, 3.05) is 6.61 Å². The molecule has 1 aliphatic carbocycles. The molecule has 1 aliphatic heterocycles. The summed E-state index contributed by atoms with van der Waals surface area (Å²) in [7, 11) is 0. The Morgan fingerprint density at radius 2 is 1.40 bits per heavy atom. The summed E-state index contributed by atoms with van der Waals surface area (Å²) in [5.74, 6) is -3.66. The summed E-state index contributed by atoms with van der Waals surface area (Å²) in [5.41, 5.74) is -0.132. The molecule has 30 heavy (non-hydrogen) atoms. The van der Waals surface area contributed by atoms with Gasteiger partial charge in [0.15, 0.2) is 24.1 Å². The molecule has 1 fully saturated rings. The number of carbonyl (C=O) groups excluding carboxylic acids is 5. The van der Waals surface area contributed by atoms with Gasteiger partial charge in [-0.3, -0.25) is 24.0 Å². The maximum Gasteiger partial charge on any atom is 0.303 e. The van der Waals surface area contributed by atoms with Crippen LogP contribution in [0.5, 0.6) is 0 Å². The van der Waals surface area contributed by atoms with E-state index in [2.05, 4.69) is 0 Å². The fourth-order valence-corrected chi connectivity index (χ4v) is 3.45. The lowest BCUT2D eigenvalue weighted by Crippen LogP contribution is -2.63. The van der Waals surface area contributed by atoms with Crippen molar-refractivity contribution >= 4 is 29.7 Å². The van der Waals surface area contributed by atoms with Gasteiger partial charge in [0.05, 0.1) is 5.57 Å². The molecule has 1 heterocycles. The molecule has 0 saturated carbocycles. The summed E-state index contributed by atoms with van der Waals surface area (Å²) < 4.78 is 26.6. The number of rotatable bonds is 6. The second kappa shape index (κ2) is 9.70. The van der Waals surface area contributed by atoms with Crippen molar-refractivity contribution in [3.8, 4) is 0 Å². The van der Waals surface area contributed by atoms with E-state index in [9.17, 15) is 29.1 Å². The Hall–Kier alpha value is -2.95. The smallest absolute Gasteiger partial charge is 0.303 e. The van der Waals surface area contributed by atoms with Crippen molar-refractivity contribution in [3.63, 3.8) is 0 Å². The molecule has 0 unspecified atom stereocenters. The average molecular weight is 428 g/mol. The maximum absolute atomic E-state index is 12.4. The highest BCUT2D eigenvalue weighted by molar-refractivity contribution is 5.99. The van der Waals surface area contributed by atoms with Gasteiger partial charge in [-0.1, -0.05) is 0 Å². The standard InChI is InChI=1S/C19H24O11/c1-8(20)26-7-14-16(27-9(2)21)18(28-10(3)22)19(29-11(4)23)17(30-14)15-12(24)5-6-13(15)25/h14,16-19,24H,5-7H2,1-4H3/t14-,16-,17+,18+,19+/m1/s1. The van der Waals surface area contributed by atoms with Gasteiger partial charge in [-0.25, -0.2) is 0 Å². The molecule has 1 N–H and O–H groups in total. The second-order valence-corrected chi connectivity index (χ2v) is 6.90. The van der Waals surface area contributed by atoms with Crippen molar-refractivity contribution in [3.05, 3.63) is 11.3 Å². The summed E-state index contributed by atoms with van der Waals surface area (Å²) in [5, 5.41) is 10.2. The molecule has 1 saturated heterocycles. The molecular weight excluding hydrogens is 404 g/mol. The van der Waals surface area contributed by atoms with E-state index >= 15 is 0 Å². The summed E-state index contributed by atoms with van der Waals surface area (Å²) in [6, 6.07) is 0. The predicted octanol–water partition coefficient (Wildman–Crippen LogP) is 0.287. The van der Waals surface area contributed by atoms with Crippen molar-refractivity contribution in [1.29, 1.82) is 0 Å². The molecule has 11 nitrogen and oxygen atoms in total. The lowest BCUT2D eigenvalue weighted by molar-refractivity contribution is -0.246. The molecular formula is C19H24O11. The number of hydrogen-bond donors (Lipinski definition) is 1. The van der Waals surface area contributed by atoms with E-state index in [0.29, 0.717) is 0 Å². The molecule has 0 amide bonds. The van der Waals surface area contributed by atoms with Crippen LogP contribution in [0.4, 0.5) is 0 Å². The lowest BCUT2D eigenvalue weighted by Gasteiger charge is -2.44. The number of aliphatic hydroxyl groups is 1. The van der Waals surface area contributed by atoms with Gasteiger partial charge in [0.1, 0.15) is 24.6 Å². The number of Topliss-reactive ketones (excluding diaryl/α,β-unsaturated/α-hetero) is 1. The zero-order chi connectivity index (χ0) is 22.6. The molecule has 0 aromatic heterocycles. The lowest BCUT2D eigenvalue weighted by atomic mass is 9.89. The Labute approximate surface area is 172 Å². The van der Waals surface area contributed by atoms with Crippen LogP contribution in [0, 0.1) is 0 Å². The van der Waals surface area contributed by atoms with Crippen molar-refractivity contribution in [2.45, 2.75) is 71.1 Å². The van der Waals surface area contributed by atoms with Gasteiger partial charge in [0.2, 0.25) is 0 Å². The Morgan fingerprint density at radius 3 is 1.87 bits per heavy atom. The number of aliphatic hydroxyl groups excluding tert-OH is 1. The van der Waals surface area contributed by atoms with Crippen molar-refractivity contribution in [2.24, 2.45) is 0 Å². The minimum Gasteiger partial charge on any atom is -0.512 e. The summed E-state index contributed by atoms with van der Waals surface area (Å²) in [6.45, 7) is 4.05. The van der Waals surface area contributed by atoms with Crippen LogP contribution in [0.1, 0.15) is 40.5 Å². The van der Waals surface area contributed by atoms with Crippen LogP contribution in [0.2, 0.25) is 0 Å². The number of esters is 4. The van der Waals surface area contributed by atoms with Crippen LogP contribution < -0.4 is 0 Å². The third-order valence-electron chi connectivity index (χ3n) is 4.48. The monoisotopic (exact) mass is 428 g/mol. The van der Waals surface area contributed by atoms with E-state index in [4.69, 9.17) is 23.7 Å². The van der Waals surface area contributed by atoms with Crippen LogP contribution in [0.15, 0.2) is 11.3 Å². The molecule has 2 rings (SSSR count). The highest BCUT2D eigenvalue weighted by Gasteiger charge is 2.54. The zero-order valence-electron chi connectivity index (χ0n) is 17.0. The maximum atomic E-state index is 12.4.